The van der Waals surface area contributed by atoms with Gasteiger partial charge in [-0.25, -0.2) is 14.6 Å². The van der Waals surface area contributed by atoms with Gasteiger partial charge in [0.2, 0.25) is 0 Å². The Kier molecular flexibility index (Phi) is 7.12. The Morgan fingerprint density at radius 2 is 1.90 bits per heavy atom. The first kappa shape index (κ1) is 26.4. The predicted octanol–water partition coefficient (Wildman–Crippen LogP) is 4.72. The molecule has 4 aromatic rings. The SMILES string of the molecule is CCOC(=O)C1=C(C)N=c2s/c(=C\c3ccc(-c4cc(C(=O)O)ccc4C)o3)c(=O)n2[C@H]1c1ccc(Cl)cc1. The maximum absolute atomic E-state index is 13.7. The van der Waals surface area contributed by atoms with Crippen molar-refractivity contribution in [3.05, 3.63) is 113 Å². The van der Waals surface area contributed by atoms with Crippen molar-refractivity contribution in [2.45, 2.75) is 26.8 Å². The summed E-state index contributed by atoms with van der Waals surface area (Å²) in [6, 6.07) is 14.5. The van der Waals surface area contributed by atoms with E-state index in [4.69, 9.17) is 20.8 Å². The van der Waals surface area contributed by atoms with E-state index >= 15 is 0 Å². The second kappa shape index (κ2) is 10.5. The topological polar surface area (TPSA) is 111 Å². The minimum atomic E-state index is -1.03. The minimum Gasteiger partial charge on any atom is -0.478 e. The van der Waals surface area contributed by atoms with Crippen molar-refractivity contribution in [3.8, 4) is 11.3 Å². The molecule has 2 aromatic carbocycles. The van der Waals surface area contributed by atoms with Crippen molar-refractivity contribution in [1.29, 1.82) is 0 Å². The Bertz CT molecular complexity index is 1830. The van der Waals surface area contributed by atoms with Crippen LogP contribution < -0.4 is 14.9 Å². The number of aromatic carboxylic acids is 1. The van der Waals surface area contributed by atoms with Crippen molar-refractivity contribution in [3.63, 3.8) is 0 Å². The molecule has 1 aliphatic rings. The molecule has 198 valence electrons. The fourth-order valence-corrected chi connectivity index (χ4v) is 5.63. The van der Waals surface area contributed by atoms with Gasteiger partial charge in [0.15, 0.2) is 4.80 Å². The second-order valence-corrected chi connectivity index (χ2v) is 10.3. The molecule has 0 saturated carbocycles. The Hall–Kier alpha value is -4.21. The maximum atomic E-state index is 13.7. The van der Waals surface area contributed by atoms with Crippen LogP contribution in [0.2, 0.25) is 5.02 Å². The van der Waals surface area contributed by atoms with E-state index in [2.05, 4.69) is 4.99 Å². The number of hydrogen-bond donors (Lipinski definition) is 1. The standard InChI is InChI=1S/C29H23ClN2O6S/c1-4-37-28(36)24-16(3)31-29-32(25(24)17-7-9-19(30)10-8-17)26(33)23(39-29)14-20-11-12-22(38-20)21-13-18(27(34)35)6-5-15(21)2/h5-14,25H,4H2,1-3H3,(H,34,35)/b23-14-/t25-/m0/s1. The number of furan rings is 1. The number of allylic oxidation sites excluding steroid dienone is 1. The molecule has 0 amide bonds. The van der Waals surface area contributed by atoms with Gasteiger partial charge in [-0.05, 0) is 68.3 Å². The van der Waals surface area contributed by atoms with Crippen molar-refractivity contribution in [2.75, 3.05) is 6.61 Å². The lowest BCUT2D eigenvalue weighted by Gasteiger charge is -2.24. The molecule has 0 spiro atoms. The fourth-order valence-electron chi connectivity index (χ4n) is 4.48. The zero-order valence-corrected chi connectivity index (χ0v) is 22.8. The van der Waals surface area contributed by atoms with Gasteiger partial charge in [0.1, 0.15) is 11.5 Å². The first-order valence-electron chi connectivity index (χ1n) is 12.1. The Morgan fingerprint density at radius 1 is 1.15 bits per heavy atom. The molecule has 0 unspecified atom stereocenters. The van der Waals surface area contributed by atoms with Gasteiger partial charge in [0.25, 0.3) is 5.56 Å². The lowest BCUT2D eigenvalue weighted by Crippen LogP contribution is -2.39. The van der Waals surface area contributed by atoms with E-state index in [9.17, 15) is 19.5 Å². The van der Waals surface area contributed by atoms with Gasteiger partial charge in [-0.1, -0.05) is 41.1 Å². The molecule has 0 radical (unpaired) electrons. The van der Waals surface area contributed by atoms with Crippen LogP contribution in [0.5, 0.6) is 0 Å². The maximum Gasteiger partial charge on any atom is 0.338 e. The summed E-state index contributed by atoms with van der Waals surface area (Å²) in [5.41, 5.74) is 2.76. The van der Waals surface area contributed by atoms with Crippen LogP contribution in [0.25, 0.3) is 17.4 Å². The van der Waals surface area contributed by atoms with Gasteiger partial charge >= 0.3 is 11.9 Å². The number of carbonyl (C=O) groups is 2. The molecule has 1 atom stereocenters. The second-order valence-electron chi connectivity index (χ2n) is 8.89. The highest BCUT2D eigenvalue weighted by atomic mass is 35.5. The molecular weight excluding hydrogens is 540 g/mol. The number of benzene rings is 2. The molecule has 1 N–H and O–H groups in total. The molecule has 10 heteroatoms. The van der Waals surface area contributed by atoms with Crippen molar-refractivity contribution in [2.24, 2.45) is 4.99 Å². The molecule has 8 nitrogen and oxygen atoms in total. The van der Waals surface area contributed by atoms with E-state index in [0.717, 1.165) is 5.56 Å². The Balaban J connectivity index is 1.62. The number of rotatable bonds is 6. The number of carboxylic acids is 1. The monoisotopic (exact) mass is 562 g/mol. The smallest absolute Gasteiger partial charge is 0.338 e. The highest BCUT2D eigenvalue weighted by molar-refractivity contribution is 7.07. The lowest BCUT2D eigenvalue weighted by molar-refractivity contribution is -0.139. The number of fused-ring (bicyclic) bond motifs is 1. The molecule has 5 rings (SSSR count). The average molecular weight is 563 g/mol. The third-order valence-electron chi connectivity index (χ3n) is 6.35. The molecule has 0 aliphatic carbocycles. The van der Waals surface area contributed by atoms with Crippen LogP contribution in [-0.2, 0) is 9.53 Å². The first-order chi connectivity index (χ1) is 18.7. The number of ether oxygens (including phenoxy) is 1. The number of carbonyl (C=O) groups excluding carboxylic acids is 1. The van der Waals surface area contributed by atoms with E-state index in [-0.39, 0.29) is 23.3 Å². The number of aromatic nitrogens is 1. The summed E-state index contributed by atoms with van der Waals surface area (Å²) in [5.74, 6) is -0.673. The van der Waals surface area contributed by atoms with Crippen LogP contribution in [0, 0.1) is 6.92 Å². The molecule has 2 aromatic heterocycles. The lowest BCUT2D eigenvalue weighted by atomic mass is 9.96. The summed E-state index contributed by atoms with van der Waals surface area (Å²) >= 11 is 7.28. The van der Waals surface area contributed by atoms with Gasteiger partial charge < -0.3 is 14.3 Å². The third kappa shape index (κ3) is 4.98. The summed E-state index contributed by atoms with van der Waals surface area (Å²) < 4.78 is 13.2. The third-order valence-corrected chi connectivity index (χ3v) is 7.59. The highest BCUT2D eigenvalue weighted by Gasteiger charge is 2.33. The predicted molar refractivity (Wildman–Crippen MR) is 148 cm³/mol. The fraction of sp³-hybridized carbons (Fsp3) is 0.172. The van der Waals surface area contributed by atoms with Crippen LogP contribution in [0.15, 0.2) is 80.1 Å². The van der Waals surface area contributed by atoms with Gasteiger partial charge in [-0.2, -0.15) is 0 Å². The Labute approximate surface area is 231 Å². The van der Waals surface area contributed by atoms with Gasteiger partial charge in [0, 0.05) is 16.7 Å². The summed E-state index contributed by atoms with van der Waals surface area (Å²) in [7, 11) is 0. The average Bonchev–Trinajstić information content (AvgIpc) is 3.48. The van der Waals surface area contributed by atoms with E-state index in [0.29, 0.717) is 42.7 Å². The van der Waals surface area contributed by atoms with E-state index in [1.807, 2.05) is 6.92 Å². The number of hydrogen-bond acceptors (Lipinski definition) is 7. The summed E-state index contributed by atoms with van der Waals surface area (Å²) in [6.45, 7) is 5.49. The normalized spacial score (nSPS) is 15.2. The molecule has 0 bridgehead atoms. The van der Waals surface area contributed by atoms with Gasteiger partial charge in [-0.15, -0.1) is 0 Å². The minimum absolute atomic E-state index is 0.150. The number of thiazole rings is 1. The number of carboxylic acid groups (broad SMARTS) is 1. The highest BCUT2D eigenvalue weighted by Crippen LogP contribution is 2.31. The van der Waals surface area contributed by atoms with Crippen LogP contribution in [0.4, 0.5) is 0 Å². The molecule has 0 saturated heterocycles. The molecule has 3 heterocycles. The number of nitrogens with zero attached hydrogens (tertiary/aromatic N) is 2. The quantitative estimate of drug-likeness (QED) is 0.340. The van der Waals surface area contributed by atoms with Crippen LogP contribution >= 0.6 is 22.9 Å². The number of halogens is 1. The van der Waals surface area contributed by atoms with E-state index < -0.39 is 18.0 Å². The van der Waals surface area contributed by atoms with Crippen molar-refractivity contribution >= 4 is 41.0 Å². The summed E-state index contributed by atoms with van der Waals surface area (Å²) in [5, 5.41) is 9.89. The summed E-state index contributed by atoms with van der Waals surface area (Å²) in [4.78, 5) is 43.1. The molecular formula is C29H23ClN2O6S. The zero-order chi connectivity index (χ0) is 27.8. The first-order valence-corrected chi connectivity index (χ1v) is 13.3. The molecule has 39 heavy (non-hydrogen) atoms. The van der Waals surface area contributed by atoms with E-state index in [1.54, 1.807) is 68.5 Å². The number of esters is 1. The van der Waals surface area contributed by atoms with Gasteiger partial charge in [-0.3, -0.25) is 9.36 Å². The number of aryl methyl sites for hydroxylation is 1. The Morgan fingerprint density at radius 3 is 2.59 bits per heavy atom. The van der Waals surface area contributed by atoms with Crippen LogP contribution in [-0.4, -0.2) is 28.2 Å². The zero-order valence-electron chi connectivity index (χ0n) is 21.2. The largest absolute Gasteiger partial charge is 0.478 e. The summed E-state index contributed by atoms with van der Waals surface area (Å²) in [6.07, 6.45) is 1.62. The molecule has 0 fully saturated rings. The van der Waals surface area contributed by atoms with Crippen LogP contribution in [0.1, 0.15) is 47.1 Å². The molecule has 1 aliphatic heterocycles. The van der Waals surface area contributed by atoms with Gasteiger partial charge in [0.05, 0.1) is 34.0 Å². The van der Waals surface area contributed by atoms with Crippen molar-refractivity contribution < 1.29 is 23.8 Å². The van der Waals surface area contributed by atoms with E-state index in [1.165, 1.54) is 22.0 Å². The van der Waals surface area contributed by atoms with Crippen LogP contribution in [0.3, 0.4) is 0 Å². The van der Waals surface area contributed by atoms with Crippen molar-refractivity contribution in [1.82, 2.24) is 4.57 Å².